The minimum absolute atomic E-state index is 0. The van der Waals surface area contributed by atoms with Crippen LogP contribution in [0.15, 0.2) is 0 Å². The molecular weight excluding hydrogens is 419 g/mol. The number of rotatable bonds is 0. The van der Waals surface area contributed by atoms with Crippen molar-refractivity contribution >= 4 is 37.7 Å². The minimum Gasteiger partial charge on any atom is 0 e. The first kappa shape index (κ1) is 17.8. The number of hydrogen-bond acceptors (Lipinski definition) is 8. The molecule has 0 aromatic rings. The van der Waals surface area contributed by atoms with E-state index in [0.717, 1.165) is 0 Å². The summed E-state index contributed by atoms with van der Waals surface area (Å²) >= 11 is -5.75. The molecule has 0 rings (SSSR count). The molecule has 0 fully saturated rings. The zero-order valence-corrected chi connectivity index (χ0v) is 10.6. The largest absolute Gasteiger partial charge is 0 e. The first-order valence-corrected chi connectivity index (χ1v) is 4.75. The van der Waals surface area contributed by atoms with Gasteiger partial charge in [-0.25, -0.2) is 0 Å². The molecule has 0 unspecified atom stereocenters. The molecule has 0 saturated carbocycles. The fourth-order valence-electron chi connectivity index (χ4n) is 0. The van der Waals surface area contributed by atoms with Crippen molar-refractivity contribution in [1.82, 2.24) is 0 Å². The van der Waals surface area contributed by atoms with Crippen LogP contribution in [0.1, 0.15) is 0 Å². The molecule has 0 N–H and O–H groups in total. The molecule has 0 atom stereocenters. The Hall–Kier alpha value is 0.845. The van der Waals surface area contributed by atoms with E-state index in [2.05, 4.69) is 0 Å². The van der Waals surface area contributed by atoms with Crippen LogP contribution in [-0.4, -0.2) is 44.8 Å². The molecule has 8 nitrogen and oxygen atoms in total. The quantitative estimate of drug-likeness (QED) is 0.216. The van der Waals surface area contributed by atoms with Gasteiger partial charge < -0.3 is 9.11 Å². The predicted molar refractivity (Wildman–Crippen MR) is 17.6 cm³/mol. The van der Waals surface area contributed by atoms with Gasteiger partial charge in [0.1, 0.15) is 0 Å². The van der Waals surface area contributed by atoms with Crippen LogP contribution in [-0.2, 0) is 31.6 Å². The topological polar surface area (TPSA) is 161 Å². The fraction of sp³-hybridized carbons (Fsp3) is 0. The van der Waals surface area contributed by atoms with E-state index in [-0.39, 0.29) is 27.3 Å². The van der Waals surface area contributed by atoms with Crippen molar-refractivity contribution in [2.75, 3.05) is 0 Å². The van der Waals surface area contributed by atoms with E-state index in [9.17, 15) is 0 Å². The van der Waals surface area contributed by atoms with E-state index in [1.807, 2.05) is 0 Å². The van der Waals surface area contributed by atoms with Gasteiger partial charge in [0, 0.05) is 37.7 Å². The summed E-state index contributed by atoms with van der Waals surface area (Å²) in [5.74, 6) is 0. The monoisotopic (exact) mass is 420 g/mol. The predicted octanol–water partition coefficient (Wildman–Crippen LogP) is -4.34. The van der Waals surface area contributed by atoms with E-state index in [4.69, 9.17) is 33.4 Å². The molecule has 0 aliphatic rings. The Morgan fingerprint density at radius 2 is 1.00 bits per heavy atom. The Labute approximate surface area is 84.4 Å². The van der Waals surface area contributed by atoms with E-state index in [1.54, 1.807) is 0 Å². The molecule has 0 aromatic heterocycles. The van der Waals surface area contributed by atoms with E-state index in [1.165, 1.54) is 0 Å². The normalized spacial score (nSPS) is 10.5. The first-order chi connectivity index (χ1) is 4.00. The Kier molecular flexibility index (Phi) is 10.3. The Morgan fingerprint density at radius 1 is 1.00 bits per heavy atom. The summed E-state index contributed by atoms with van der Waals surface area (Å²) in [5.41, 5.74) is 0. The SMILES string of the molecule is O=S(=O)([O-])[O-].[O]=[Cr](=[O])([O-])[O-].[Pb]. The summed E-state index contributed by atoms with van der Waals surface area (Å²) in [4.78, 5) is 0. The van der Waals surface area contributed by atoms with Crippen molar-refractivity contribution in [3.05, 3.63) is 0 Å². The van der Waals surface area contributed by atoms with Gasteiger partial charge in [0.15, 0.2) is 0 Å². The molecule has 0 aliphatic carbocycles. The van der Waals surface area contributed by atoms with Gasteiger partial charge in [0.25, 0.3) is 0 Å². The second kappa shape index (κ2) is 6.37. The fourth-order valence-corrected chi connectivity index (χ4v) is 0. The van der Waals surface area contributed by atoms with Gasteiger partial charge >= 0.3 is 29.5 Å². The average Bonchev–Trinajstić information content (AvgIpc) is 1.12. The van der Waals surface area contributed by atoms with Crippen molar-refractivity contribution in [3.8, 4) is 0 Å². The Bertz CT molecular complexity index is 210. The summed E-state index contributed by atoms with van der Waals surface area (Å²) in [6, 6.07) is 0. The van der Waals surface area contributed by atoms with Crippen molar-refractivity contribution in [3.63, 3.8) is 0 Å². The molecule has 4 radical (unpaired) electrons. The average molecular weight is 419 g/mol. The summed E-state index contributed by atoms with van der Waals surface area (Å²) in [7, 11) is -5.17. The summed E-state index contributed by atoms with van der Waals surface area (Å²) < 4.78 is 68.5. The summed E-state index contributed by atoms with van der Waals surface area (Å²) in [5, 5.41) is 0. The third-order valence-electron chi connectivity index (χ3n) is 0. The van der Waals surface area contributed by atoms with Crippen molar-refractivity contribution in [1.29, 1.82) is 0 Å². The minimum atomic E-state index is -5.75. The maximum absolute atomic E-state index is 8.59. The van der Waals surface area contributed by atoms with Crippen LogP contribution in [0.2, 0.25) is 0 Å². The molecule has 11 heavy (non-hydrogen) atoms. The van der Waals surface area contributed by atoms with Crippen molar-refractivity contribution in [2.45, 2.75) is 0 Å². The molecule has 0 heterocycles. The number of hydrogen-bond donors (Lipinski definition) is 0. The van der Waals surface area contributed by atoms with E-state index < -0.39 is 24.0 Å². The van der Waals surface area contributed by atoms with Crippen molar-refractivity contribution in [2.24, 2.45) is 0 Å². The van der Waals surface area contributed by atoms with Crippen LogP contribution < -0.4 is 8.32 Å². The van der Waals surface area contributed by atoms with Crippen LogP contribution in [0.25, 0.3) is 0 Å². The zero-order chi connectivity index (χ0) is 9.00. The molecule has 11 heteroatoms. The molecule has 0 spiro atoms. The van der Waals surface area contributed by atoms with Gasteiger partial charge in [0.2, 0.25) is 0 Å². The maximum atomic E-state index is 8.59. The molecule has 68 valence electrons. The van der Waals surface area contributed by atoms with Gasteiger partial charge in [-0.1, -0.05) is 0 Å². The van der Waals surface area contributed by atoms with Gasteiger partial charge in [-0.2, -0.15) is 0 Å². The first-order valence-electron chi connectivity index (χ1n) is 1.33. The molecule has 0 bridgehead atoms. The second-order valence-corrected chi connectivity index (χ2v) is 2.91. The van der Waals surface area contributed by atoms with E-state index in [0.29, 0.717) is 0 Å². The zero-order valence-electron chi connectivity index (χ0n) is 4.58. The van der Waals surface area contributed by atoms with Crippen LogP contribution in [0.4, 0.5) is 0 Å². The van der Waals surface area contributed by atoms with Gasteiger partial charge in [-0.15, -0.1) is 0 Å². The van der Waals surface area contributed by atoms with Gasteiger partial charge in [-0.05, 0) is 0 Å². The molecule has 0 aliphatic heterocycles. The Morgan fingerprint density at radius 3 is 1.00 bits per heavy atom. The second-order valence-electron chi connectivity index (χ2n) is 0.816. The van der Waals surface area contributed by atoms with Crippen LogP contribution in [0.3, 0.4) is 0 Å². The molecule has 0 saturated heterocycles. The van der Waals surface area contributed by atoms with Crippen LogP contribution in [0, 0.1) is 0 Å². The summed E-state index contributed by atoms with van der Waals surface area (Å²) in [6.45, 7) is 0. The molecule has 0 aromatic carbocycles. The van der Waals surface area contributed by atoms with Crippen molar-refractivity contribution < 1.29 is 47.1 Å². The van der Waals surface area contributed by atoms with Crippen LogP contribution in [0.5, 0.6) is 0 Å². The standard InChI is InChI=1S/Cr.H2O4S.4O.Pb/c;1-5(2,3)4;;;;;/h;(H2,1,2,3,4);;;;;/q;;;;2*-1;/p-2. The smallest absolute Gasteiger partial charge is 0 e. The summed E-state index contributed by atoms with van der Waals surface area (Å²) in [6.07, 6.45) is 0. The van der Waals surface area contributed by atoms with Gasteiger partial charge in [-0.3, -0.25) is 8.42 Å². The maximum Gasteiger partial charge on any atom is 0 e. The Balaban J connectivity index is -0.000000107. The third kappa shape index (κ3) is 1190. The molecule has 0 amide bonds. The van der Waals surface area contributed by atoms with Gasteiger partial charge in [0.05, 0.1) is 0 Å². The third-order valence-corrected chi connectivity index (χ3v) is 0. The van der Waals surface area contributed by atoms with Crippen LogP contribution >= 0.6 is 0 Å². The van der Waals surface area contributed by atoms with E-state index >= 15 is 0 Å². The molecular formula is CrO8PbS-4.